The summed E-state index contributed by atoms with van der Waals surface area (Å²) in [6.45, 7) is -0.00444. The number of rotatable bonds is 8. The Kier molecular flexibility index (Phi) is 7.47. The number of esters is 1. The Morgan fingerprint density at radius 3 is 2.32 bits per heavy atom. The third-order valence-corrected chi connectivity index (χ3v) is 4.48. The summed E-state index contributed by atoms with van der Waals surface area (Å²) >= 11 is 5.83. The lowest BCUT2D eigenvalue weighted by atomic mass is 9.94. The van der Waals surface area contributed by atoms with Gasteiger partial charge in [0.1, 0.15) is 23.7 Å². The van der Waals surface area contributed by atoms with Crippen LogP contribution < -0.4 is 4.74 Å². The molecule has 0 aliphatic heterocycles. The molecule has 2 N–H and O–H groups in total. The number of nitro benzene ring substituents is 1. The number of carbonyl (C=O) groups excluding carboxylic acids is 1. The van der Waals surface area contributed by atoms with Gasteiger partial charge in [-0.25, -0.2) is 4.79 Å². The van der Waals surface area contributed by atoms with Crippen LogP contribution in [0.2, 0.25) is 5.02 Å². The minimum Gasteiger partial charge on any atom is -0.461 e. The molecule has 12 heteroatoms. The van der Waals surface area contributed by atoms with Gasteiger partial charge in [0.05, 0.1) is 28.7 Å². The Balaban J connectivity index is 2.31. The van der Waals surface area contributed by atoms with Crippen molar-refractivity contribution in [2.45, 2.75) is 13.1 Å². The number of halogens is 4. The summed E-state index contributed by atoms with van der Waals surface area (Å²) in [7, 11) is 0. The average Bonchev–Trinajstić information content (AvgIpc) is 2.72. The Labute approximate surface area is 178 Å². The number of aliphatic hydroxyl groups excluding tert-OH is 2. The molecule has 31 heavy (non-hydrogen) atoms. The number of aliphatic hydroxyl groups is 2. The maximum Gasteiger partial charge on any atom is 0.416 e. The summed E-state index contributed by atoms with van der Waals surface area (Å²) in [5.74, 6) is -1.41. The zero-order valence-electron chi connectivity index (χ0n) is 16.0. The second kappa shape index (κ2) is 9.50. The molecule has 2 aromatic carbocycles. The van der Waals surface area contributed by atoms with Crippen LogP contribution in [0, 0.1) is 15.5 Å². The Bertz CT molecular complexity index is 977. The maximum atomic E-state index is 12.8. The lowest BCUT2D eigenvalue weighted by molar-refractivity contribution is -0.385. The molecular weight excluding hydrogens is 447 g/mol. The molecule has 8 nitrogen and oxygen atoms in total. The minimum absolute atomic E-state index is 0.119. The van der Waals surface area contributed by atoms with Gasteiger partial charge >= 0.3 is 12.1 Å². The summed E-state index contributed by atoms with van der Waals surface area (Å²) < 4.78 is 48.6. The van der Waals surface area contributed by atoms with Gasteiger partial charge in [-0.1, -0.05) is 18.5 Å². The predicted octanol–water partition coefficient (Wildman–Crippen LogP) is 4.21. The third-order valence-electron chi connectivity index (χ3n) is 4.19. The lowest BCUT2D eigenvalue weighted by Gasteiger charge is -2.23. The summed E-state index contributed by atoms with van der Waals surface area (Å²) in [4.78, 5) is 22.8. The fourth-order valence-electron chi connectivity index (χ4n) is 2.25. The minimum atomic E-state index is -4.61. The number of alkyl halides is 3. The number of benzene rings is 2. The van der Waals surface area contributed by atoms with E-state index >= 15 is 0 Å². The van der Waals surface area contributed by atoms with E-state index in [4.69, 9.17) is 21.1 Å². The van der Waals surface area contributed by atoms with Crippen molar-refractivity contribution in [3.63, 3.8) is 0 Å². The molecule has 2 rings (SSSR count). The first-order chi connectivity index (χ1) is 14.4. The molecule has 168 valence electrons. The van der Waals surface area contributed by atoms with Gasteiger partial charge in [-0.2, -0.15) is 13.2 Å². The zero-order valence-corrected chi connectivity index (χ0v) is 16.7. The highest BCUT2D eigenvalue weighted by molar-refractivity contribution is 6.32. The van der Waals surface area contributed by atoms with Gasteiger partial charge in [0.15, 0.2) is 0 Å². The highest BCUT2D eigenvalue weighted by Gasteiger charge is 2.31. The van der Waals surface area contributed by atoms with Crippen molar-refractivity contribution < 1.29 is 42.6 Å². The normalized spacial score (nSPS) is 11.8. The molecule has 0 amide bonds. The van der Waals surface area contributed by atoms with Gasteiger partial charge in [-0.3, -0.25) is 10.1 Å². The number of nitro groups is 1. The van der Waals surface area contributed by atoms with E-state index in [0.717, 1.165) is 30.3 Å². The first-order valence-electron chi connectivity index (χ1n) is 8.62. The second-order valence-corrected chi connectivity index (χ2v) is 7.29. The topological polar surface area (TPSA) is 119 Å². The van der Waals surface area contributed by atoms with Crippen LogP contribution in [-0.2, 0) is 10.9 Å². The van der Waals surface area contributed by atoms with Gasteiger partial charge in [-0.15, -0.1) is 0 Å². The van der Waals surface area contributed by atoms with Crippen molar-refractivity contribution in [2.75, 3.05) is 19.8 Å². The van der Waals surface area contributed by atoms with Crippen molar-refractivity contribution in [3.05, 3.63) is 62.7 Å². The first kappa shape index (κ1) is 24.4. The molecule has 0 fully saturated rings. The van der Waals surface area contributed by atoms with E-state index in [1.54, 1.807) is 0 Å². The Morgan fingerprint density at radius 2 is 1.81 bits per heavy atom. The van der Waals surface area contributed by atoms with E-state index in [2.05, 4.69) is 0 Å². The van der Waals surface area contributed by atoms with Crippen molar-refractivity contribution in [2.24, 2.45) is 5.41 Å². The van der Waals surface area contributed by atoms with Crippen LogP contribution in [0.3, 0.4) is 0 Å². The Morgan fingerprint density at radius 1 is 1.16 bits per heavy atom. The fraction of sp³-hybridized carbons (Fsp3) is 0.316. The smallest absolute Gasteiger partial charge is 0.416 e. The van der Waals surface area contributed by atoms with E-state index in [9.17, 15) is 38.3 Å². The molecule has 0 radical (unpaired) electrons. The van der Waals surface area contributed by atoms with E-state index in [-0.39, 0.29) is 16.5 Å². The Hall–Kier alpha value is -2.89. The fourth-order valence-corrected chi connectivity index (χ4v) is 2.47. The largest absolute Gasteiger partial charge is 0.461 e. The van der Waals surface area contributed by atoms with Crippen LogP contribution in [0.25, 0.3) is 0 Å². The molecule has 0 heterocycles. The number of ether oxygens (including phenoxy) is 2. The second-order valence-electron chi connectivity index (χ2n) is 6.88. The highest BCUT2D eigenvalue weighted by Crippen LogP contribution is 2.37. The molecule has 0 aliphatic carbocycles. The van der Waals surface area contributed by atoms with E-state index in [0.29, 0.717) is 6.07 Å². The quantitative estimate of drug-likeness (QED) is 0.342. The van der Waals surface area contributed by atoms with Gasteiger partial charge in [0.2, 0.25) is 0 Å². The average molecular weight is 464 g/mol. The number of hydrogen-bond donors (Lipinski definition) is 2. The molecule has 0 aromatic heterocycles. The van der Waals surface area contributed by atoms with Gasteiger partial charge < -0.3 is 19.7 Å². The lowest BCUT2D eigenvalue weighted by Crippen LogP contribution is -2.32. The van der Waals surface area contributed by atoms with Crippen molar-refractivity contribution in [3.8, 4) is 11.5 Å². The predicted molar refractivity (Wildman–Crippen MR) is 102 cm³/mol. The SMILES string of the molecule is CC(CO)(CO)COC(=O)c1cc(Oc2ccc(C(F)(F)F)cc2Cl)ccc1[N+](=O)[O-]. The number of carbonyl (C=O) groups is 1. The summed E-state index contributed by atoms with van der Waals surface area (Å²) in [5.41, 5.74) is -3.25. The van der Waals surface area contributed by atoms with Crippen LogP contribution >= 0.6 is 11.6 Å². The summed E-state index contributed by atoms with van der Waals surface area (Å²) in [6.07, 6.45) is -4.61. The van der Waals surface area contributed by atoms with Crippen molar-refractivity contribution in [1.29, 1.82) is 0 Å². The molecule has 0 unspecified atom stereocenters. The molecule has 0 saturated carbocycles. The van der Waals surface area contributed by atoms with Crippen LogP contribution in [0.15, 0.2) is 36.4 Å². The summed E-state index contributed by atoms with van der Waals surface area (Å²) in [5, 5.41) is 29.4. The van der Waals surface area contributed by atoms with Gasteiger partial charge in [0, 0.05) is 17.5 Å². The summed E-state index contributed by atoms with van der Waals surface area (Å²) in [6, 6.07) is 5.44. The zero-order chi connectivity index (χ0) is 23.4. The van der Waals surface area contributed by atoms with Crippen molar-refractivity contribution >= 4 is 23.3 Å². The third kappa shape index (κ3) is 6.06. The first-order valence-corrected chi connectivity index (χ1v) is 9.00. The van der Waals surface area contributed by atoms with Gasteiger partial charge in [-0.05, 0) is 24.3 Å². The molecule has 0 bridgehead atoms. The van der Waals surface area contributed by atoms with E-state index < -0.39 is 59.1 Å². The molecule has 0 spiro atoms. The number of nitrogens with zero attached hydrogens (tertiary/aromatic N) is 1. The van der Waals surface area contributed by atoms with E-state index in [1.807, 2.05) is 0 Å². The monoisotopic (exact) mass is 463 g/mol. The maximum absolute atomic E-state index is 12.8. The molecular formula is C19H17ClF3NO7. The highest BCUT2D eigenvalue weighted by atomic mass is 35.5. The number of hydrogen-bond acceptors (Lipinski definition) is 7. The van der Waals surface area contributed by atoms with Crippen molar-refractivity contribution in [1.82, 2.24) is 0 Å². The molecule has 0 atom stereocenters. The molecule has 0 saturated heterocycles. The molecule has 0 aliphatic rings. The van der Waals surface area contributed by atoms with Crippen LogP contribution in [0.5, 0.6) is 11.5 Å². The van der Waals surface area contributed by atoms with E-state index in [1.165, 1.54) is 6.92 Å². The van der Waals surface area contributed by atoms with Gasteiger partial charge in [0.25, 0.3) is 5.69 Å². The standard InChI is InChI=1S/C19H17ClF3NO7/c1-18(8-25,9-26)10-30-17(27)13-7-12(3-4-15(13)24(28)29)31-16-5-2-11(6-14(16)20)19(21,22)23/h2-7,25-26H,8-10H2,1H3. The van der Waals surface area contributed by atoms with Crippen LogP contribution in [-0.4, -0.2) is 40.9 Å². The van der Waals surface area contributed by atoms with Crippen LogP contribution in [0.4, 0.5) is 18.9 Å². The van der Waals surface area contributed by atoms with Crippen LogP contribution in [0.1, 0.15) is 22.8 Å². The molecule has 2 aromatic rings.